The van der Waals surface area contributed by atoms with E-state index in [1.807, 2.05) is 29.9 Å². The number of ether oxygens (including phenoxy) is 2. The lowest BCUT2D eigenvalue weighted by atomic mass is 10.1. The van der Waals surface area contributed by atoms with Gasteiger partial charge in [-0.3, -0.25) is 0 Å². The second-order valence-electron chi connectivity index (χ2n) is 7.92. The van der Waals surface area contributed by atoms with Crippen molar-refractivity contribution in [2.45, 2.75) is 26.2 Å². The summed E-state index contributed by atoms with van der Waals surface area (Å²) in [6.45, 7) is 9.16. The highest BCUT2D eigenvalue weighted by molar-refractivity contribution is 5.69. The Morgan fingerprint density at radius 3 is 2.80 bits per heavy atom. The summed E-state index contributed by atoms with van der Waals surface area (Å²) in [4.78, 5) is 7.34. The number of benzene rings is 1. The van der Waals surface area contributed by atoms with E-state index in [0.717, 1.165) is 73.3 Å². The molecule has 1 aromatic carbocycles. The molecule has 7 nitrogen and oxygen atoms in total. The lowest BCUT2D eigenvalue weighted by molar-refractivity contribution is 0.122. The van der Waals surface area contributed by atoms with Crippen molar-refractivity contribution < 1.29 is 9.47 Å². The quantitative estimate of drug-likeness (QED) is 0.576. The van der Waals surface area contributed by atoms with E-state index in [1.165, 1.54) is 0 Å². The summed E-state index contributed by atoms with van der Waals surface area (Å²) in [6, 6.07) is 10.3. The van der Waals surface area contributed by atoms with Gasteiger partial charge in [-0.15, -0.1) is 0 Å². The third-order valence-corrected chi connectivity index (χ3v) is 5.41. The molecule has 3 heterocycles. The van der Waals surface area contributed by atoms with Gasteiger partial charge in [0.1, 0.15) is 11.6 Å². The van der Waals surface area contributed by atoms with Gasteiger partial charge in [-0.25, -0.2) is 4.98 Å². The summed E-state index contributed by atoms with van der Waals surface area (Å²) in [6.07, 6.45) is 2.92. The molecule has 0 atom stereocenters. The van der Waals surface area contributed by atoms with Gasteiger partial charge in [0.2, 0.25) is 0 Å². The summed E-state index contributed by atoms with van der Waals surface area (Å²) in [5.74, 6) is 2.28. The lowest BCUT2D eigenvalue weighted by Crippen LogP contribution is -2.37. The zero-order chi connectivity index (χ0) is 20.9. The summed E-state index contributed by atoms with van der Waals surface area (Å²) >= 11 is 0. The molecule has 1 fully saturated rings. The van der Waals surface area contributed by atoms with Crippen molar-refractivity contribution in [3.63, 3.8) is 0 Å². The number of hydrogen-bond acceptors (Lipinski definition) is 6. The molecule has 0 unspecified atom stereocenters. The Kier molecular flexibility index (Phi) is 6.50. The minimum Gasteiger partial charge on any atom is -0.494 e. The van der Waals surface area contributed by atoms with E-state index in [-0.39, 0.29) is 0 Å². The average Bonchev–Trinajstić information content (AvgIpc) is 3.21. The monoisotopic (exact) mass is 409 g/mol. The second-order valence-corrected chi connectivity index (χ2v) is 7.92. The van der Waals surface area contributed by atoms with Crippen molar-refractivity contribution in [3.05, 3.63) is 42.1 Å². The first-order valence-electron chi connectivity index (χ1n) is 10.8. The van der Waals surface area contributed by atoms with Gasteiger partial charge in [-0.2, -0.15) is 9.61 Å². The predicted octanol–water partition coefficient (Wildman–Crippen LogP) is 3.34. The highest BCUT2D eigenvalue weighted by Gasteiger charge is 2.20. The maximum Gasteiger partial charge on any atom is 0.161 e. The van der Waals surface area contributed by atoms with Crippen LogP contribution in [0.2, 0.25) is 0 Å². The van der Waals surface area contributed by atoms with Crippen LogP contribution < -0.4 is 15.0 Å². The lowest BCUT2D eigenvalue weighted by Gasteiger charge is -2.29. The fraction of sp³-hybridized carbons (Fsp3) is 0.478. The highest BCUT2D eigenvalue weighted by atomic mass is 16.5. The van der Waals surface area contributed by atoms with Gasteiger partial charge in [0.05, 0.1) is 31.7 Å². The first-order chi connectivity index (χ1) is 14.7. The van der Waals surface area contributed by atoms with Crippen LogP contribution in [0.1, 0.15) is 31.7 Å². The molecule has 0 spiro atoms. The van der Waals surface area contributed by atoms with Crippen LogP contribution in [0.3, 0.4) is 0 Å². The van der Waals surface area contributed by atoms with Gasteiger partial charge in [0.15, 0.2) is 5.65 Å². The number of nitrogens with zero attached hydrogens (tertiary/aromatic N) is 4. The Bertz CT molecular complexity index is 979. The van der Waals surface area contributed by atoms with Crippen LogP contribution in [0.5, 0.6) is 5.75 Å². The SMILES string of the molecule is CNCCCOc1cccc(-c2cc(N3CCOCC3)n3ncc(C(C)C)c3n2)c1. The molecule has 30 heavy (non-hydrogen) atoms. The second kappa shape index (κ2) is 9.45. The fourth-order valence-electron chi connectivity index (χ4n) is 3.72. The van der Waals surface area contributed by atoms with Crippen LogP contribution in [0, 0.1) is 0 Å². The van der Waals surface area contributed by atoms with E-state index >= 15 is 0 Å². The molecule has 3 aromatic rings. The third-order valence-electron chi connectivity index (χ3n) is 5.41. The van der Waals surface area contributed by atoms with E-state index in [4.69, 9.17) is 14.5 Å². The molecule has 0 amide bonds. The number of aromatic nitrogens is 3. The van der Waals surface area contributed by atoms with Crippen LogP contribution in [-0.4, -0.2) is 61.1 Å². The molecule has 4 rings (SSSR count). The molecule has 1 aliphatic heterocycles. The van der Waals surface area contributed by atoms with Crippen molar-refractivity contribution in [2.24, 2.45) is 0 Å². The number of morpholine rings is 1. The van der Waals surface area contributed by atoms with E-state index in [0.29, 0.717) is 12.5 Å². The number of hydrogen-bond donors (Lipinski definition) is 1. The molecule has 160 valence electrons. The number of anilines is 1. The number of fused-ring (bicyclic) bond motifs is 1. The van der Waals surface area contributed by atoms with Crippen molar-refractivity contribution >= 4 is 11.5 Å². The number of nitrogens with one attached hydrogen (secondary N) is 1. The molecule has 7 heteroatoms. The third kappa shape index (κ3) is 4.42. The van der Waals surface area contributed by atoms with Crippen molar-refractivity contribution in [1.82, 2.24) is 19.9 Å². The van der Waals surface area contributed by atoms with E-state index in [9.17, 15) is 0 Å². The largest absolute Gasteiger partial charge is 0.494 e. The van der Waals surface area contributed by atoms with Gasteiger partial charge in [-0.1, -0.05) is 26.0 Å². The first kappa shape index (κ1) is 20.6. The van der Waals surface area contributed by atoms with E-state index in [2.05, 4.69) is 47.4 Å². The van der Waals surface area contributed by atoms with E-state index < -0.39 is 0 Å². The average molecular weight is 410 g/mol. The highest BCUT2D eigenvalue weighted by Crippen LogP contribution is 2.30. The Balaban J connectivity index is 1.72. The molecular weight excluding hydrogens is 378 g/mol. The van der Waals surface area contributed by atoms with Crippen LogP contribution in [0.25, 0.3) is 16.9 Å². The standard InChI is InChI=1S/C23H31N5O2/c1-17(2)20-16-25-28-22(27-9-12-29-13-10-27)15-21(26-23(20)28)18-6-4-7-19(14-18)30-11-5-8-24-3/h4,6-7,14-17,24H,5,8-13H2,1-3H3. The van der Waals surface area contributed by atoms with Gasteiger partial charge >= 0.3 is 0 Å². The number of rotatable bonds is 8. The van der Waals surface area contributed by atoms with Gasteiger partial charge in [0, 0.05) is 30.3 Å². The molecule has 0 radical (unpaired) electrons. The maximum atomic E-state index is 5.94. The zero-order valence-electron chi connectivity index (χ0n) is 18.1. The topological polar surface area (TPSA) is 63.9 Å². The van der Waals surface area contributed by atoms with E-state index in [1.54, 1.807) is 0 Å². The Morgan fingerprint density at radius 1 is 1.20 bits per heavy atom. The van der Waals surface area contributed by atoms with Gasteiger partial charge < -0.3 is 19.7 Å². The molecular formula is C23H31N5O2. The predicted molar refractivity (Wildman–Crippen MR) is 120 cm³/mol. The van der Waals surface area contributed by atoms with Gasteiger partial charge in [-0.05, 0) is 38.1 Å². The molecule has 1 aliphatic rings. The summed E-state index contributed by atoms with van der Waals surface area (Å²) in [7, 11) is 1.95. The molecule has 1 saturated heterocycles. The normalized spacial score (nSPS) is 14.6. The van der Waals surface area contributed by atoms with Crippen molar-refractivity contribution in [3.8, 4) is 17.0 Å². The maximum absolute atomic E-state index is 5.94. The Labute approximate surface area is 178 Å². The molecule has 0 saturated carbocycles. The molecule has 1 N–H and O–H groups in total. The summed E-state index contributed by atoms with van der Waals surface area (Å²) in [5, 5.41) is 7.81. The zero-order valence-corrected chi connectivity index (χ0v) is 18.1. The van der Waals surface area contributed by atoms with Crippen LogP contribution in [0.15, 0.2) is 36.5 Å². The van der Waals surface area contributed by atoms with Crippen molar-refractivity contribution in [1.29, 1.82) is 0 Å². The smallest absolute Gasteiger partial charge is 0.161 e. The summed E-state index contributed by atoms with van der Waals surface area (Å²) < 4.78 is 13.5. The van der Waals surface area contributed by atoms with Crippen LogP contribution in [-0.2, 0) is 4.74 Å². The fourth-order valence-corrected chi connectivity index (χ4v) is 3.72. The van der Waals surface area contributed by atoms with Gasteiger partial charge in [0.25, 0.3) is 0 Å². The Morgan fingerprint density at radius 2 is 2.03 bits per heavy atom. The van der Waals surface area contributed by atoms with Crippen molar-refractivity contribution in [2.75, 3.05) is 51.4 Å². The minimum atomic E-state index is 0.352. The molecule has 2 aromatic heterocycles. The van der Waals surface area contributed by atoms with Crippen LogP contribution in [0.4, 0.5) is 5.82 Å². The molecule has 0 bridgehead atoms. The Hall–Kier alpha value is -2.64. The minimum absolute atomic E-state index is 0.352. The summed E-state index contributed by atoms with van der Waals surface area (Å²) in [5.41, 5.74) is 4.07. The van der Waals surface area contributed by atoms with Crippen LogP contribution >= 0.6 is 0 Å². The molecule has 0 aliphatic carbocycles. The first-order valence-corrected chi connectivity index (χ1v) is 10.8.